The average Bonchev–Trinajstić information content (AvgIpc) is 2.25. The van der Waals surface area contributed by atoms with E-state index in [2.05, 4.69) is 21.2 Å². The normalized spacial score (nSPS) is 15.3. The molecule has 3 nitrogen and oxygen atoms in total. The van der Waals surface area contributed by atoms with Crippen molar-refractivity contribution in [2.45, 2.75) is 6.42 Å². The van der Waals surface area contributed by atoms with Gasteiger partial charge in [0.25, 0.3) is 0 Å². The number of anilines is 1. The lowest BCUT2D eigenvalue weighted by atomic mass is 10.3. The lowest BCUT2D eigenvalue weighted by Gasteiger charge is -2.06. The Bertz CT molecular complexity index is 351. The molecule has 1 heterocycles. The largest absolute Gasteiger partial charge is 0.491 e. The van der Waals surface area contributed by atoms with Crippen LogP contribution in [0.25, 0.3) is 0 Å². The van der Waals surface area contributed by atoms with Gasteiger partial charge in [0.1, 0.15) is 5.75 Å². The SMILES string of the molecule is O=C1CCOc2cc(Br)ccc2N1. The fourth-order valence-corrected chi connectivity index (χ4v) is 1.53. The summed E-state index contributed by atoms with van der Waals surface area (Å²) < 4.78 is 6.33. The molecule has 0 unspecified atom stereocenters. The lowest BCUT2D eigenvalue weighted by molar-refractivity contribution is -0.116. The van der Waals surface area contributed by atoms with Gasteiger partial charge in [0.05, 0.1) is 18.7 Å². The molecule has 0 aliphatic carbocycles. The number of nitrogens with one attached hydrogen (secondary N) is 1. The first kappa shape index (κ1) is 8.56. The van der Waals surface area contributed by atoms with E-state index in [9.17, 15) is 4.79 Å². The third kappa shape index (κ3) is 1.83. The molecule has 13 heavy (non-hydrogen) atoms. The highest BCUT2D eigenvalue weighted by atomic mass is 79.9. The van der Waals surface area contributed by atoms with Gasteiger partial charge in [-0.15, -0.1) is 0 Å². The van der Waals surface area contributed by atoms with Crippen LogP contribution < -0.4 is 10.1 Å². The van der Waals surface area contributed by atoms with Gasteiger partial charge in [0, 0.05) is 4.47 Å². The Morgan fingerprint density at radius 1 is 1.46 bits per heavy atom. The maximum atomic E-state index is 11.1. The predicted octanol–water partition coefficient (Wildman–Crippen LogP) is 2.17. The zero-order valence-corrected chi connectivity index (χ0v) is 8.43. The van der Waals surface area contributed by atoms with Crippen LogP contribution >= 0.6 is 15.9 Å². The fourth-order valence-electron chi connectivity index (χ4n) is 1.19. The molecule has 68 valence electrons. The van der Waals surface area contributed by atoms with E-state index in [4.69, 9.17) is 4.74 Å². The van der Waals surface area contributed by atoms with E-state index < -0.39 is 0 Å². The summed E-state index contributed by atoms with van der Waals surface area (Å²) >= 11 is 3.34. The molecule has 1 aromatic rings. The van der Waals surface area contributed by atoms with Crippen LogP contribution in [0.1, 0.15) is 6.42 Å². The number of fused-ring (bicyclic) bond motifs is 1. The van der Waals surface area contributed by atoms with Crippen LogP contribution in [0.15, 0.2) is 22.7 Å². The molecule has 4 heteroatoms. The predicted molar refractivity (Wildman–Crippen MR) is 52.9 cm³/mol. The standard InChI is InChI=1S/C9H8BrNO2/c10-6-1-2-7-8(5-6)13-4-3-9(12)11-7/h1-2,5H,3-4H2,(H,11,12). The van der Waals surface area contributed by atoms with Crippen molar-refractivity contribution in [2.75, 3.05) is 11.9 Å². The quantitative estimate of drug-likeness (QED) is 0.757. The monoisotopic (exact) mass is 241 g/mol. The van der Waals surface area contributed by atoms with Gasteiger partial charge < -0.3 is 10.1 Å². The molecule has 0 atom stereocenters. The van der Waals surface area contributed by atoms with Crippen molar-refractivity contribution >= 4 is 27.5 Å². The van der Waals surface area contributed by atoms with Crippen LogP contribution in [0.5, 0.6) is 5.75 Å². The van der Waals surface area contributed by atoms with Crippen LogP contribution in [-0.2, 0) is 4.79 Å². The van der Waals surface area contributed by atoms with Crippen molar-refractivity contribution in [3.8, 4) is 5.75 Å². The van der Waals surface area contributed by atoms with Crippen LogP contribution in [0, 0.1) is 0 Å². The molecule has 0 saturated heterocycles. The maximum Gasteiger partial charge on any atom is 0.227 e. The summed E-state index contributed by atoms with van der Waals surface area (Å²) in [6, 6.07) is 5.54. The van der Waals surface area contributed by atoms with Crippen molar-refractivity contribution in [3.63, 3.8) is 0 Å². The number of rotatable bonds is 0. The summed E-state index contributed by atoms with van der Waals surface area (Å²) in [7, 11) is 0. The first-order chi connectivity index (χ1) is 6.25. The Kier molecular flexibility index (Phi) is 2.22. The highest BCUT2D eigenvalue weighted by molar-refractivity contribution is 9.10. The van der Waals surface area contributed by atoms with Gasteiger partial charge in [0.2, 0.25) is 5.91 Å². The van der Waals surface area contributed by atoms with E-state index in [1.165, 1.54) is 0 Å². The third-order valence-corrected chi connectivity index (χ3v) is 2.30. The summed E-state index contributed by atoms with van der Waals surface area (Å²) in [5.74, 6) is 0.723. The molecular formula is C9H8BrNO2. The van der Waals surface area contributed by atoms with E-state index in [1.807, 2.05) is 18.2 Å². The van der Waals surface area contributed by atoms with Crippen LogP contribution in [0.3, 0.4) is 0 Å². The van der Waals surface area contributed by atoms with Crippen molar-refractivity contribution in [2.24, 2.45) is 0 Å². The Labute approximate surface area is 84.2 Å². The zero-order chi connectivity index (χ0) is 9.26. The molecule has 1 aliphatic heterocycles. The molecular weight excluding hydrogens is 234 g/mol. The van der Waals surface area contributed by atoms with E-state index in [-0.39, 0.29) is 5.91 Å². The van der Waals surface area contributed by atoms with E-state index >= 15 is 0 Å². The highest BCUT2D eigenvalue weighted by Gasteiger charge is 2.13. The molecule has 0 radical (unpaired) electrons. The molecule has 1 amide bonds. The number of halogens is 1. The average molecular weight is 242 g/mol. The first-order valence-electron chi connectivity index (χ1n) is 3.98. The Hall–Kier alpha value is -1.03. The van der Waals surface area contributed by atoms with Crippen LogP contribution in [0.4, 0.5) is 5.69 Å². The summed E-state index contributed by atoms with van der Waals surface area (Å²) in [4.78, 5) is 11.1. The molecule has 0 aromatic heterocycles. The smallest absolute Gasteiger partial charge is 0.227 e. The molecule has 0 bridgehead atoms. The van der Waals surface area contributed by atoms with Crippen molar-refractivity contribution < 1.29 is 9.53 Å². The Morgan fingerprint density at radius 2 is 2.31 bits per heavy atom. The van der Waals surface area contributed by atoms with Crippen molar-refractivity contribution in [1.29, 1.82) is 0 Å². The third-order valence-electron chi connectivity index (χ3n) is 1.80. The summed E-state index contributed by atoms with van der Waals surface area (Å²) in [5.41, 5.74) is 0.741. The maximum absolute atomic E-state index is 11.1. The number of benzene rings is 1. The first-order valence-corrected chi connectivity index (χ1v) is 4.77. The number of carbonyl (C=O) groups excluding carboxylic acids is 1. The van der Waals surface area contributed by atoms with Gasteiger partial charge in [-0.1, -0.05) is 15.9 Å². The van der Waals surface area contributed by atoms with Gasteiger partial charge in [-0.05, 0) is 18.2 Å². The molecule has 2 rings (SSSR count). The number of ether oxygens (including phenoxy) is 1. The minimum absolute atomic E-state index is 0.000993. The minimum atomic E-state index is 0.000993. The Balaban J connectivity index is 2.40. The summed E-state index contributed by atoms with van der Waals surface area (Å²) in [6.45, 7) is 0.440. The molecule has 1 N–H and O–H groups in total. The van der Waals surface area contributed by atoms with Gasteiger partial charge in [-0.3, -0.25) is 4.79 Å². The van der Waals surface area contributed by atoms with Gasteiger partial charge >= 0.3 is 0 Å². The van der Waals surface area contributed by atoms with Gasteiger partial charge in [-0.25, -0.2) is 0 Å². The second-order valence-corrected chi connectivity index (χ2v) is 3.70. The van der Waals surface area contributed by atoms with Crippen LogP contribution in [-0.4, -0.2) is 12.5 Å². The molecule has 0 spiro atoms. The fraction of sp³-hybridized carbons (Fsp3) is 0.222. The van der Waals surface area contributed by atoms with Gasteiger partial charge in [0.15, 0.2) is 0 Å². The second-order valence-electron chi connectivity index (χ2n) is 2.79. The number of carbonyl (C=O) groups is 1. The molecule has 1 aliphatic rings. The van der Waals surface area contributed by atoms with E-state index in [1.54, 1.807) is 0 Å². The topological polar surface area (TPSA) is 38.3 Å². The summed E-state index contributed by atoms with van der Waals surface area (Å²) in [5, 5.41) is 2.76. The number of hydrogen-bond acceptors (Lipinski definition) is 2. The van der Waals surface area contributed by atoms with Crippen LogP contribution in [0.2, 0.25) is 0 Å². The number of amides is 1. The molecule has 1 aromatic carbocycles. The number of hydrogen-bond donors (Lipinski definition) is 1. The van der Waals surface area contributed by atoms with E-state index in [0.29, 0.717) is 13.0 Å². The van der Waals surface area contributed by atoms with Crippen molar-refractivity contribution in [1.82, 2.24) is 0 Å². The Morgan fingerprint density at radius 3 is 3.15 bits per heavy atom. The highest BCUT2D eigenvalue weighted by Crippen LogP contribution is 2.29. The molecule has 0 fully saturated rings. The lowest BCUT2D eigenvalue weighted by Crippen LogP contribution is -2.10. The van der Waals surface area contributed by atoms with Crippen molar-refractivity contribution in [3.05, 3.63) is 22.7 Å². The minimum Gasteiger partial charge on any atom is -0.491 e. The van der Waals surface area contributed by atoms with E-state index in [0.717, 1.165) is 15.9 Å². The second kappa shape index (κ2) is 3.38. The molecule has 0 saturated carbocycles. The summed E-state index contributed by atoms with van der Waals surface area (Å²) in [6.07, 6.45) is 0.409. The zero-order valence-electron chi connectivity index (χ0n) is 6.84. The van der Waals surface area contributed by atoms with Gasteiger partial charge in [-0.2, -0.15) is 0 Å².